The van der Waals surface area contributed by atoms with Crippen LogP contribution in [0.3, 0.4) is 0 Å². The number of ether oxygens (including phenoxy) is 2. The number of benzene rings is 2. The molecule has 2 rings (SSSR count). The molecule has 0 aliphatic rings. The van der Waals surface area contributed by atoms with Crippen molar-refractivity contribution in [1.82, 2.24) is 0 Å². The van der Waals surface area contributed by atoms with Crippen LogP contribution in [0, 0.1) is 0 Å². The molecule has 0 aliphatic carbocycles. The zero-order chi connectivity index (χ0) is 19.3. The van der Waals surface area contributed by atoms with E-state index in [1.165, 1.54) is 25.7 Å². The van der Waals surface area contributed by atoms with Crippen molar-refractivity contribution in [3.8, 4) is 5.75 Å². The molecule has 0 atom stereocenters. The van der Waals surface area contributed by atoms with Crippen LogP contribution in [0.25, 0.3) is 10.8 Å². The van der Waals surface area contributed by atoms with Crippen LogP contribution in [0.15, 0.2) is 42.5 Å². The Kier molecular flexibility index (Phi) is 9.39. The Morgan fingerprint density at radius 2 is 1.48 bits per heavy atom. The summed E-state index contributed by atoms with van der Waals surface area (Å²) in [4.78, 5) is 23.6. The SMILES string of the molecule is CCCCCCCCOC(=O)CCCC(=O)Oc1ccc2ccccc2c1. The Morgan fingerprint density at radius 3 is 2.30 bits per heavy atom. The average molecular weight is 370 g/mol. The first kappa shape index (κ1) is 20.9. The summed E-state index contributed by atoms with van der Waals surface area (Å²) >= 11 is 0. The summed E-state index contributed by atoms with van der Waals surface area (Å²) in [5, 5.41) is 2.13. The molecule has 2 aromatic rings. The van der Waals surface area contributed by atoms with E-state index in [0.29, 0.717) is 18.8 Å². The largest absolute Gasteiger partial charge is 0.466 e. The quantitative estimate of drug-likeness (QED) is 0.268. The molecule has 0 spiro atoms. The predicted octanol–water partition coefficient (Wildman–Crippen LogP) is 5.82. The zero-order valence-corrected chi connectivity index (χ0v) is 16.2. The van der Waals surface area contributed by atoms with Crippen LogP contribution >= 0.6 is 0 Å². The van der Waals surface area contributed by atoms with Gasteiger partial charge in [-0.2, -0.15) is 0 Å². The van der Waals surface area contributed by atoms with Crippen molar-refractivity contribution in [3.05, 3.63) is 42.5 Å². The van der Waals surface area contributed by atoms with Gasteiger partial charge in [0.15, 0.2) is 0 Å². The van der Waals surface area contributed by atoms with Gasteiger partial charge in [-0.3, -0.25) is 9.59 Å². The number of esters is 2. The molecule has 0 saturated heterocycles. The molecule has 0 aromatic heterocycles. The third-order valence-corrected chi connectivity index (χ3v) is 4.48. The summed E-state index contributed by atoms with van der Waals surface area (Å²) in [6, 6.07) is 13.5. The summed E-state index contributed by atoms with van der Waals surface area (Å²) in [5.41, 5.74) is 0. The topological polar surface area (TPSA) is 52.6 Å². The Labute approximate surface area is 161 Å². The number of hydrogen-bond donors (Lipinski definition) is 0. The van der Waals surface area contributed by atoms with Gasteiger partial charge in [0.25, 0.3) is 0 Å². The maximum Gasteiger partial charge on any atom is 0.311 e. The maximum absolute atomic E-state index is 11.9. The van der Waals surface area contributed by atoms with E-state index in [4.69, 9.17) is 9.47 Å². The van der Waals surface area contributed by atoms with Gasteiger partial charge in [-0.1, -0.05) is 69.4 Å². The van der Waals surface area contributed by atoms with Gasteiger partial charge in [0.1, 0.15) is 5.75 Å². The molecule has 0 radical (unpaired) electrons. The number of rotatable bonds is 12. The summed E-state index contributed by atoms with van der Waals surface area (Å²) < 4.78 is 10.6. The number of carbonyl (C=O) groups is 2. The van der Waals surface area contributed by atoms with Gasteiger partial charge in [0.05, 0.1) is 6.61 Å². The molecule has 0 heterocycles. The van der Waals surface area contributed by atoms with Gasteiger partial charge in [0, 0.05) is 12.8 Å². The van der Waals surface area contributed by atoms with Crippen LogP contribution in [0.2, 0.25) is 0 Å². The van der Waals surface area contributed by atoms with Crippen LogP contribution < -0.4 is 4.74 Å². The van der Waals surface area contributed by atoms with Crippen molar-refractivity contribution >= 4 is 22.7 Å². The second-order valence-corrected chi connectivity index (χ2v) is 6.82. The second kappa shape index (κ2) is 12.1. The normalized spacial score (nSPS) is 10.7. The van der Waals surface area contributed by atoms with Gasteiger partial charge in [-0.05, 0) is 35.7 Å². The van der Waals surface area contributed by atoms with Gasteiger partial charge < -0.3 is 9.47 Å². The lowest BCUT2D eigenvalue weighted by atomic mass is 10.1. The minimum atomic E-state index is -0.325. The summed E-state index contributed by atoms with van der Waals surface area (Å²) in [5.74, 6) is -0.0274. The molecular weight excluding hydrogens is 340 g/mol. The lowest BCUT2D eigenvalue weighted by molar-refractivity contribution is -0.144. The molecule has 0 unspecified atom stereocenters. The molecule has 0 amide bonds. The van der Waals surface area contributed by atoms with Crippen LogP contribution in [0.1, 0.15) is 64.7 Å². The Morgan fingerprint density at radius 1 is 0.778 bits per heavy atom. The highest BCUT2D eigenvalue weighted by Gasteiger charge is 2.09. The Bertz CT molecular complexity index is 723. The first-order valence-corrected chi connectivity index (χ1v) is 10.0. The highest BCUT2D eigenvalue weighted by Crippen LogP contribution is 2.21. The van der Waals surface area contributed by atoms with Gasteiger partial charge >= 0.3 is 11.9 Å². The van der Waals surface area contributed by atoms with E-state index in [2.05, 4.69) is 6.92 Å². The molecule has 2 aromatic carbocycles. The Balaban J connectivity index is 1.57. The monoisotopic (exact) mass is 370 g/mol. The van der Waals surface area contributed by atoms with E-state index < -0.39 is 0 Å². The molecule has 27 heavy (non-hydrogen) atoms. The highest BCUT2D eigenvalue weighted by molar-refractivity contribution is 5.84. The number of hydrogen-bond acceptors (Lipinski definition) is 4. The fraction of sp³-hybridized carbons (Fsp3) is 0.478. The van der Waals surface area contributed by atoms with Crippen LogP contribution in [0.4, 0.5) is 0 Å². The first-order chi connectivity index (χ1) is 13.2. The zero-order valence-electron chi connectivity index (χ0n) is 16.2. The Hall–Kier alpha value is -2.36. The number of fused-ring (bicyclic) bond motifs is 1. The van der Waals surface area contributed by atoms with Crippen molar-refractivity contribution < 1.29 is 19.1 Å². The first-order valence-electron chi connectivity index (χ1n) is 10.0. The van der Waals surface area contributed by atoms with Gasteiger partial charge in [0.2, 0.25) is 0 Å². The molecule has 0 N–H and O–H groups in total. The second-order valence-electron chi connectivity index (χ2n) is 6.82. The third kappa shape index (κ3) is 8.25. The standard InChI is InChI=1S/C23H30O4/c1-2-3-4-5-6-9-17-26-22(24)13-10-14-23(25)27-21-16-15-19-11-7-8-12-20(19)18-21/h7-8,11-12,15-16,18H,2-6,9-10,13-14,17H2,1H3. The van der Waals surface area contributed by atoms with E-state index in [1.807, 2.05) is 36.4 Å². The van der Waals surface area contributed by atoms with Crippen molar-refractivity contribution in [2.75, 3.05) is 6.61 Å². The van der Waals surface area contributed by atoms with Crippen molar-refractivity contribution in [2.24, 2.45) is 0 Å². The molecule has 0 bridgehead atoms. The summed E-state index contributed by atoms with van der Waals surface area (Å²) in [7, 11) is 0. The van der Waals surface area contributed by atoms with Crippen LogP contribution in [0.5, 0.6) is 5.75 Å². The fourth-order valence-electron chi connectivity index (χ4n) is 2.93. The highest BCUT2D eigenvalue weighted by atomic mass is 16.5. The molecule has 4 heteroatoms. The lowest BCUT2D eigenvalue weighted by Gasteiger charge is -2.06. The smallest absolute Gasteiger partial charge is 0.311 e. The van der Waals surface area contributed by atoms with E-state index >= 15 is 0 Å². The van der Waals surface area contributed by atoms with Gasteiger partial charge in [-0.25, -0.2) is 0 Å². The molecule has 0 saturated carbocycles. The number of unbranched alkanes of at least 4 members (excludes halogenated alkanes) is 5. The van der Waals surface area contributed by atoms with E-state index in [1.54, 1.807) is 6.07 Å². The predicted molar refractivity (Wildman–Crippen MR) is 108 cm³/mol. The maximum atomic E-state index is 11.9. The minimum Gasteiger partial charge on any atom is -0.466 e. The van der Waals surface area contributed by atoms with E-state index in [-0.39, 0.29) is 24.8 Å². The molecule has 0 aliphatic heterocycles. The molecular formula is C23H30O4. The van der Waals surface area contributed by atoms with Crippen LogP contribution in [-0.4, -0.2) is 18.5 Å². The average Bonchev–Trinajstić information content (AvgIpc) is 2.67. The fourth-order valence-corrected chi connectivity index (χ4v) is 2.93. The van der Waals surface area contributed by atoms with Gasteiger partial charge in [-0.15, -0.1) is 0 Å². The summed E-state index contributed by atoms with van der Waals surface area (Å²) in [6.07, 6.45) is 7.89. The third-order valence-electron chi connectivity index (χ3n) is 4.48. The van der Waals surface area contributed by atoms with E-state index in [9.17, 15) is 9.59 Å². The van der Waals surface area contributed by atoms with Crippen LogP contribution in [-0.2, 0) is 14.3 Å². The van der Waals surface area contributed by atoms with Crippen molar-refractivity contribution in [1.29, 1.82) is 0 Å². The summed E-state index contributed by atoms with van der Waals surface area (Å²) in [6.45, 7) is 2.67. The number of carbonyl (C=O) groups excluding carboxylic acids is 2. The molecule has 0 fully saturated rings. The van der Waals surface area contributed by atoms with Crippen molar-refractivity contribution in [2.45, 2.75) is 64.7 Å². The lowest BCUT2D eigenvalue weighted by Crippen LogP contribution is -2.10. The molecule has 4 nitrogen and oxygen atoms in total. The van der Waals surface area contributed by atoms with E-state index in [0.717, 1.165) is 23.6 Å². The van der Waals surface area contributed by atoms with Crippen molar-refractivity contribution in [3.63, 3.8) is 0 Å². The minimum absolute atomic E-state index is 0.207. The molecule has 146 valence electrons.